The Kier molecular flexibility index (Phi) is 4.37. The van der Waals surface area contributed by atoms with Gasteiger partial charge in [-0.3, -0.25) is 0 Å². The van der Waals surface area contributed by atoms with E-state index in [2.05, 4.69) is 19.6 Å². The Balaban J connectivity index is 2.40. The maximum atomic E-state index is 5.40. The normalized spacial score (nSPS) is 20.7. The first-order valence-electron chi connectivity index (χ1n) is 5.02. The Morgan fingerprint density at radius 1 is 1.54 bits per heavy atom. The number of unbranched alkanes of at least 4 members (excludes halogenated alkanes) is 2. The quantitative estimate of drug-likeness (QED) is 0.461. The molecule has 1 rings (SSSR count). The van der Waals surface area contributed by atoms with Gasteiger partial charge in [0.05, 0.1) is 6.26 Å². The van der Waals surface area contributed by atoms with Gasteiger partial charge >= 0.3 is 0 Å². The van der Waals surface area contributed by atoms with Crippen molar-refractivity contribution in [3.8, 4) is 0 Å². The predicted molar refractivity (Wildman–Crippen MR) is 56.4 cm³/mol. The van der Waals surface area contributed by atoms with Gasteiger partial charge in [0.2, 0.25) is 0 Å². The fraction of sp³-hybridized carbons (Fsp3) is 0.500. The molecule has 0 amide bonds. The van der Waals surface area contributed by atoms with Crippen LogP contribution in [0.3, 0.4) is 0 Å². The minimum Gasteiger partial charge on any atom is -0.490 e. The van der Waals surface area contributed by atoms with Crippen molar-refractivity contribution in [1.29, 1.82) is 0 Å². The smallest absolute Gasteiger partial charge is 0.137 e. The number of ether oxygens (including phenoxy) is 1. The topological polar surface area (TPSA) is 9.23 Å². The van der Waals surface area contributed by atoms with Crippen LogP contribution in [0.15, 0.2) is 36.6 Å². The van der Waals surface area contributed by atoms with E-state index in [1.807, 2.05) is 12.2 Å². The molecule has 0 aromatic heterocycles. The van der Waals surface area contributed by atoms with Crippen molar-refractivity contribution >= 4 is 0 Å². The van der Waals surface area contributed by atoms with Gasteiger partial charge in [0.1, 0.15) is 6.10 Å². The zero-order valence-electron chi connectivity index (χ0n) is 8.33. The Morgan fingerprint density at radius 3 is 3.08 bits per heavy atom. The van der Waals surface area contributed by atoms with E-state index in [1.165, 1.54) is 24.8 Å². The van der Waals surface area contributed by atoms with Gasteiger partial charge in [-0.05, 0) is 30.6 Å². The highest BCUT2D eigenvalue weighted by molar-refractivity contribution is 5.23. The molecule has 72 valence electrons. The molecule has 0 aromatic rings. The first kappa shape index (κ1) is 10.1. The zero-order chi connectivity index (χ0) is 9.52. The summed E-state index contributed by atoms with van der Waals surface area (Å²) in [5, 5.41) is 0. The molecule has 1 atom stereocenters. The van der Waals surface area contributed by atoms with Crippen LogP contribution < -0.4 is 0 Å². The Morgan fingerprint density at radius 2 is 2.38 bits per heavy atom. The molecule has 0 saturated carbocycles. The summed E-state index contributed by atoms with van der Waals surface area (Å²) in [6.45, 7) is 5.98. The number of rotatable bonds is 5. The molecule has 0 bridgehead atoms. The van der Waals surface area contributed by atoms with E-state index in [4.69, 9.17) is 4.74 Å². The maximum absolute atomic E-state index is 5.40. The summed E-state index contributed by atoms with van der Waals surface area (Å²) in [4.78, 5) is 0. The fourth-order valence-electron chi connectivity index (χ4n) is 1.49. The van der Waals surface area contributed by atoms with Crippen molar-refractivity contribution in [3.05, 3.63) is 36.6 Å². The highest BCUT2D eigenvalue weighted by Crippen LogP contribution is 2.19. The van der Waals surface area contributed by atoms with Crippen LogP contribution in [0.25, 0.3) is 0 Å². The van der Waals surface area contributed by atoms with Crippen molar-refractivity contribution in [1.82, 2.24) is 0 Å². The summed E-state index contributed by atoms with van der Waals surface area (Å²) in [7, 11) is 0. The highest BCUT2D eigenvalue weighted by Gasteiger charge is 2.11. The van der Waals surface area contributed by atoms with Crippen LogP contribution in [-0.2, 0) is 4.74 Å². The molecule has 0 fully saturated rings. The van der Waals surface area contributed by atoms with Gasteiger partial charge in [-0.15, -0.1) is 0 Å². The van der Waals surface area contributed by atoms with E-state index in [-0.39, 0.29) is 6.10 Å². The second-order valence-corrected chi connectivity index (χ2v) is 3.32. The minimum absolute atomic E-state index is 0.113. The minimum atomic E-state index is 0.113. The van der Waals surface area contributed by atoms with Crippen molar-refractivity contribution in [2.75, 3.05) is 0 Å². The van der Waals surface area contributed by atoms with Crippen molar-refractivity contribution in [3.63, 3.8) is 0 Å². The van der Waals surface area contributed by atoms with E-state index in [1.54, 1.807) is 6.26 Å². The summed E-state index contributed by atoms with van der Waals surface area (Å²) < 4.78 is 5.40. The van der Waals surface area contributed by atoms with Crippen LogP contribution >= 0.6 is 0 Å². The van der Waals surface area contributed by atoms with E-state index < -0.39 is 0 Å². The molecule has 1 nitrogen and oxygen atoms in total. The molecule has 1 aliphatic heterocycles. The van der Waals surface area contributed by atoms with Crippen LogP contribution in [0, 0.1) is 0 Å². The highest BCUT2D eigenvalue weighted by atomic mass is 16.5. The third-order valence-corrected chi connectivity index (χ3v) is 2.26. The third kappa shape index (κ3) is 3.10. The fourth-order valence-corrected chi connectivity index (χ4v) is 1.49. The van der Waals surface area contributed by atoms with E-state index in [9.17, 15) is 0 Å². The van der Waals surface area contributed by atoms with Gasteiger partial charge in [0.15, 0.2) is 0 Å². The molecule has 0 spiro atoms. The standard InChI is InChI=1S/C12H18O/c1-3-5-6-8-11-9-7-10-13-12(11)4-2/h4,7,9-10,12H,2-3,5-6,8H2,1H3. The van der Waals surface area contributed by atoms with E-state index in [0.29, 0.717) is 0 Å². The van der Waals surface area contributed by atoms with Gasteiger partial charge in [-0.2, -0.15) is 0 Å². The van der Waals surface area contributed by atoms with Crippen LogP contribution in [0.2, 0.25) is 0 Å². The summed E-state index contributed by atoms with van der Waals surface area (Å²) in [5.41, 5.74) is 1.35. The molecule has 0 aliphatic carbocycles. The van der Waals surface area contributed by atoms with Crippen molar-refractivity contribution < 1.29 is 4.74 Å². The summed E-state index contributed by atoms with van der Waals surface area (Å²) >= 11 is 0. The zero-order valence-corrected chi connectivity index (χ0v) is 8.33. The van der Waals surface area contributed by atoms with Gasteiger partial charge in [0, 0.05) is 0 Å². The molecule has 1 heterocycles. The number of allylic oxidation sites excluding steroid dienone is 2. The van der Waals surface area contributed by atoms with E-state index in [0.717, 1.165) is 6.42 Å². The van der Waals surface area contributed by atoms with Crippen LogP contribution in [-0.4, -0.2) is 6.10 Å². The average Bonchev–Trinajstić information content (AvgIpc) is 2.19. The van der Waals surface area contributed by atoms with Crippen LogP contribution in [0.4, 0.5) is 0 Å². The third-order valence-electron chi connectivity index (χ3n) is 2.26. The summed E-state index contributed by atoms with van der Waals surface area (Å²) in [6, 6.07) is 0. The largest absolute Gasteiger partial charge is 0.490 e. The van der Waals surface area contributed by atoms with Gasteiger partial charge in [-0.25, -0.2) is 0 Å². The maximum Gasteiger partial charge on any atom is 0.137 e. The first-order valence-corrected chi connectivity index (χ1v) is 5.02. The Bertz CT molecular complexity index is 213. The summed E-state index contributed by atoms with van der Waals surface area (Å²) in [6.07, 6.45) is 12.8. The molecule has 1 aliphatic rings. The molecule has 0 N–H and O–H groups in total. The summed E-state index contributed by atoms with van der Waals surface area (Å²) in [5.74, 6) is 0. The van der Waals surface area contributed by atoms with Gasteiger partial charge in [-0.1, -0.05) is 32.4 Å². The molecule has 0 radical (unpaired) electrons. The average molecular weight is 178 g/mol. The molecule has 1 unspecified atom stereocenters. The van der Waals surface area contributed by atoms with Crippen molar-refractivity contribution in [2.45, 2.75) is 38.7 Å². The molecular weight excluding hydrogens is 160 g/mol. The lowest BCUT2D eigenvalue weighted by Crippen LogP contribution is -2.12. The monoisotopic (exact) mass is 178 g/mol. The molecule has 0 saturated heterocycles. The molecule has 1 heteroatoms. The predicted octanol–water partition coefficient (Wildman–Crippen LogP) is 3.59. The second kappa shape index (κ2) is 5.63. The van der Waals surface area contributed by atoms with Crippen LogP contribution in [0.5, 0.6) is 0 Å². The Labute approximate surface area is 80.8 Å². The molecule has 13 heavy (non-hydrogen) atoms. The first-order chi connectivity index (χ1) is 6.38. The van der Waals surface area contributed by atoms with Crippen LogP contribution in [0.1, 0.15) is 32.6 Å². The van der Waals surface area contributed by atoms with Crippen molar-refractivity contribution in [2.24, 2.45) is 0 Å². The lowest BCUT2D eigenvalue weighted by atomic mass is 10.0. The number of hydrogen-bond acceptors (Lipinski definition) is 1. The number of hydrogen-bond donors (Lipinski definition) is 0. The molecule has 0 aromatic carbocycles. The Hall–Kier alpha value is -0.980. The lowest BCUT2D eigenvalue weighted by molar-refractivity contribution is 0.209. The van der Waals surface area contributed by atoms with Gasteiger partial charge < -0.3 is 4.74 Å². The second-order valence-electron chi connectivity index (χ2n) is 3.32. The SMILES string of the molecule is C=CC1OC=CC=C1CCCCC. The van der Waals surface area contributed by atoms with Gasteiger partial charge in [0.25, 0.3) is 0 Å². The van der Waals surface area contributed by atoms with E-state index >= 15 is 0 Å². The lowest BCUT2D eigenvalue weighted by Gasteiger charge is -2.19. The molecular formula is C12H18O.